The molecule has 1 aromatic heterocycles. The van der Waals surface area contributed by atoms with Crippen molar-refractivity contribution in [3.8, 4) is 0 Å². The van der Waals surface area contributed by atoms with Crippen molar-refractivity contribution in [1.29, 1.82) is 0 Å². The van der Waals surface area contributed by atoms with Gasteiger partial charge in [-0.1, -0.05) is 19.8 Å². The van der Waals surface area contributed by atoms with Crippen LogP contribution >= 0.6 is 0 Å². The van der Waals surface area contributed by atoms with Crippen LogP contribution in [0.15, 0.2) is 24.5 Å². The summed E-state index contributed by atoms with van der Waals surface area (Å²) in [4.78, 5) is 6.71. The Morgan fingerprint density at radius 3 is 2.68 bits per heavy atom. The van der Waals surface area contributed by atoms with Crippen LogP contribution in [-0.2, 0) is 6.42 Å². The van der Waals surface area contributed by atoms with Crippen molar-refractivity contribution in [3.05, 3.63) is 30.1 Å². The molecule has 2 N–H and O–H groups in total. The predicted molar refractivity (Wildman–Crippen MR) is 80.0 cm³/mol. The number of hydrogen-bond acceptors (Lipinski definition) is 3. The first kappa shape index (κ1) is 14.5. The Morgan fingerprint density at radius 2 is 2.00 bits per heavy atom. The highest BCUT2D eigenvalue weighted by molar-refractivity contribution is 5.10. The van der Waals surface area contributed by atoms with Gasteiger partial charge in [-0.2, -0.15) is 0 Å². The molecule has 2 atom stereocenters. The van der Waals surface area contributed by atoms with Gasteiger partial charge in [-0.15, -0.1) is 0 Å². The fraction of sp³-hybridized carbons (Fsp3) is 0.688. The number of likely N-dealkylation sites (N-methyl/N-ethyl adjacent to an activating group) is 1. The van der Waals surface area contributed by atoms with E-state index in [2.05, 4.69) is 28.9 Å². The van der Waals surface area contributed by atoms with Gasteiger partial charge in [0, 0.05) is 25.0 Å². The lowest BCUT2D eigenvalue weighted by molar-refractivity contribution is 0.113. The minimum absolute atomic E-state index is 0.700. The molecule has 0 saturated heterocycles. The second kappa shape index (κ2) is 7.61. The van der Waals surface area contributed by atoms with Crippen LogP contribution in [0.25, 0.3) is 0 Å². The van der Waals surface area contributed by atoms with Gasteiger partial charge in [0.1, 0.15) is 0 Å². The normalized spacial score (nSPS) is 23.7. The van der Waals surface area contributed by atoms with Crippen LogP contribution in [-0.4, -0.2) is 35.6 Å². The highest BCUT2D eigenvalue weighted by Gasteiger charge is 2.28. The SMILES string of the molecule is CCN(CCc1ccncc1)C1CCCCC1CN. The monoisotopic (exact) mass is 261 g/mol. The van der Waals surface area contributed by atoms with Gasteiger partial charge >= 0.3 is 0 Å². The average Bonchev–Trinajstić information content (AvgIpc) is 2.49. The molecule has 0 aromatic carbocycles. The lowest BCUT2D eigenvalue weighted by Gasteiger charge is -2.39. The van der Waals surface area contributed by atoms with Crippen molar-refractivity contribution in [2.75, 3.05) is 19.6 Å². The van der Waals surface area contributed by atoms with Crippen LogP contribution in [0.4, 0.5) is 0 Å². The van der Waals surface area contributed by atoms with Gasteiger partial charge in [-0.05, 0) is 56.0 Å². The lowest BCUT2D eigenvalue weighted by atomic mass is 9.83. The molecule has 1 fully saturated rings. The number of aromatic nitrogens is 1. The first-order chi connectivity index (χ1) is 9.35. The number of nitrogens with zero attached hydrogens (tertiary/aromatic N) is 2. The quantitative estimate of drug-likeness (QED) is 0.855. The van der Waals surface area contributed by atoms with Crippen molar-refractivity contribution >= 4 is 0 Å². The molecule has 3 heteroatoms. The van der Waals surface area contributed by atoms with E-state index in [-0.39, 0.29) is 0 Å². The number of nitrogens with two attached hydrogens (primary N) is 1. The standard InChI is InChI=1S/C16H27N3/c1-2-19(12-9-14-7-10-18-11-8-14)16-6-4-3-5-15(16)13-17/h7-8,10-11,15-16H,2-6,9,12-13,17H2,1H3. The Balaban J connectivity index is 1.91. The van der Waals surface area contributed by atoms with Gasteiger partial charge in [0.05, 0.1) is 0 Å². The molecule has 0 bridgehead atoms. The summed E-state index contributed by atoms with van der Waals surface area (Å²) >= 11 is 0. The molecule has 0 amide bonds. The Kier molecular flexibility index (Phi) is 5.80. The maximum atomic E-state index is 5.96. The molecule has 1 aliphatic rings. The Labute approximate surface area is 117 Å². The summed E-state index contributed by atoms with van der Waals surface area (Å²) in [7, 11) is 0. The zero-order chi connectivity index (χ0) is 13.5. The molecule has 3 nitrogen and oxygen atoms in total. The third kappa shape index (κ3) is 4.02. The third-order valence-corrected chi connectivity index (χ3v) is 4.48. The molecule has 106 valence electrons. The maximum Gasteiger partial charge on any atom is 0.0270 e. The van der Waals surface area contributed by atoms with Crippen LogP contribution in [0, 0.1) is 5.92 Å². The lowest BCUT2D eigenvalue weighted by Crippen LogP contribution is -2.45. The van der Waals surface area contributed by atoms with Crippen molar-refractivity contribution in [3.63, 3.8) is 0 Å². The second-order valence-corrected chi connectivity index (χ2v) is 5.58. The maximum absolute atomic E-state index is 5.96. The fourth-order valence-corrected chi connectivity index (χ4v) is 3.32. The molecule has 19 heavy (non-hydrogen) atoms. The average molecular weight is 261 g/mol. The molecule has 0 radical (unpaired) electrons. The highest BCUT2D eigenvalue weighted by atomic mass is 15.2. The van der Waals surface area contributed by atoms with Crippen molar-refractivity contribution in [1.82, 2.24) is 9.88 Å². The molecule has 1 aliphatic carbocycles. The first-order valence-corrected chi connectivity index (χ1v) is 7.68. The van der Waals surface area contributed by atoms with Crippen molar-refractivity contribution in [2.45, 2.75) is 45.1 Å². The molecule has 1 aromatic rings. The largest absolute Gasteiger partial charge is 0.330 e. The summed E-state index contributed by atoms with van der Waals surface area (Å²) < 4.78 is 0. The molecule has 1 heterocycles. The van der Waals surface area contributed by atoms with Crippen LogP contribution in [0.2, 0.25) is 0 Å². The van der Waals surface area contributed by atoms with Gasteiger partial charge in [0.25, 0.3) is 0 Å². The smallest absolute Gasteiger partial charge is 0.0270 e. The summed E-state index contributed by atoms with van der Waals surface area (Å²) in [6.07, 6.45) is 10.3. The van der Waals surface area contributed by atoms with E-state index in [9.17, 15) is 0 Å². The van der Waals surface area contributed by atoms with Crippen LogP contribution < -0.4 is 5.73 Å². The van der Waals surface area contributed by atoms with Crippen molar-refractivity contribution < 1.29 is 0 Å². The van der Waals surface area contributed by atoms with Gasteiger partial charge in [0.15, 0.2) is 0 Å². The van der Waals surface area contributed by atoms with Gasteiger partial charge < -0.3 is 10.6 Å². The molecule has 2 unspecified atom stereocenters. The first-order valence-electron chi connectivity index (χ1n) is 7.68. The number of pyridine rings is 1. The Morgan fingerprint density at radius 1 is 1.26 bits per heavy atom. The van der Waals surface area contributed by atoms with E-state index < -0.39 is 0 Å². The predicted octanol–water partition coefficient (Wildman–Crippen LogP) is 2.46. The topological polar surface area (TPSA) is 42.2 Å². The molecular formula is C16H27N3. The number of rotatable bonds is 6. The fourth-order valence-electron chi connectivity index (χ4n) is 3.32. The molecule has 2 rings (SSSR count). The minimum Gasteiger partial charge on any atom is -0.330 e. The van der Waals surface area contributed by atoms with E-state index in [1.54, 1.807) is 0 Å². The van der Waals surface area contributed by atoms with E-state index >= 15 is 0 Å². The van der Waals surface area contributed by atoms with Crippen LogP contribution in [0.3, 0.4) is 0 Å². The van der Waals surface area contributed by atoms with Crippen molar-refractivity contribution in [2.24, 2.45) is 11.7 Å². The molecule has 0 aliphatic heterocycles. The minimum atomic E-state index is 0.700. The van der Waals surface area contributed by atoms with E-state index in [0.717, 1.165) is 26.1 Å². The van der Waals surface area contributed by atoms with E-state index in [0.29, 0.717) is 12.0 Å². The zero-order valence-corrected chi connectivity index (χ0v) is 12.1. The Bertz CT molecular complexity index is 352. The molecule has 1 saturated carbocycles. The molecular weight excluding hydrogens is 234 g/mol. The van der Waals surface area contributed by atoms with Gasteiger partial charge in [-0.25, -0.2) is 0 Å². The van der Waals surface area contributed by atoms with Crippen LogP contribution in [0.1, 0.15) is 38.2 Å². The third-order valence-electron chi connectivity index (χ3n) is 4.48. The summed E-state index contributed by atoms with van der Waals surface area (Å²) in [6.45, 7) is 5.39. The summed E-state index contributed by atoms with van der Waals surface area (Å²) in [6, 6.07) is 4.94. The Hall–Kier alpha value is -0.930. The zero-order valence-electron chi connectivity index (χ0n) is 12.1. The molecule has 0 spiro atoms. The van der Waals surface area contributed by atoms with Gasteiger partial charge in [0.2, 0.25) is 0 Å². The summed E-state index contributed by atoms with van der Waals surface area (Å²) in [5.41, 5.74) is 7.34. The number of hydrogen-bond donors (Lipinski definition) is 1. The van der Waals surface area contributed by atoms with E-state index in [1.807, 2.05) is 12.4 Å². The van der Waals surface area contributed by atoms with Gasteiger partial charge in [-0.3, -0.25) is 4.98 Å². The summed E-state index contributed by atoms with van der Waals surface area (Å²) in [5.74, 6) is 0.700. The van der Waals surface area contributed by atoms with Crippen LogP contribution in [0.5, 0.6) is 0 Å². The summed E-state index contributed by atoms with van der Waals surface area (Å²) in [5, 5.41) is 0. The second-order valence-electron chi connectivity index (χ2n) is 5.58. The van der Waals surface area contributed by atoms with E-state index in [1.165, 1.54) is 31.2 Å². The van der Waals surface area contributed by atoms with E-state index in [4.69, 9.17) is 5.73 Å². The highest BCUT2D eigenvalue weighted by Crippen LogP contribution is 2.27.